The van der Waals surface area contributed by atoms with Crippen LogP contribution >= 0.6 is 0 Å². The molecule has 4 aliphatic rings. The van der Waals surface area contributed by atoms with E-state index < -0.39 is 10.0 Å². The highest BCUT2D eigenvalue weighted by atomic mass is 32.2. The molecule has 0 saturated heterocycles. The van der Waals surface area contributed by atoms with E-state index in [1.807, 2.05) is 6.92 Å². The summed E-state index contributed by atoms with van der Waals surface area (Å²) < 4.78 is 22.6. The molecule has 1 amide bonds. The minimum absolute atomic E-state index is 0.0356. The van der Waals surface area contributed by atoms with Crippen molar-refractivity contribution in [3.05, 3.63) is 24.3 Å². The Morgan fingerprint density at radius 1 is 1.11 bits per heavy atom. The number of nitrogens with one attached hydrogen (secondary N) is 2. The van der Waals surface area contributed by atoms with E-state index in [-0.39, 0.29) is 16.8 Å². The predicted octanol–water partition coefficient (Wildman–Crippen LogP) is 2.47. The van der Waals surface area contributed by atoms with Gasteiger partial charge in [-0.15, -0.1) is 0 Å². The normalized spacial score (nSPS) is 33.0. The number of benzene rings is 1. The van der Waals surface area contributed by atoms with Crippen LogP contribution in [0.1, 0.15) is 45.4 Å². The average Bonchev–Trinajstić information content (AvgIpc) is 2.58. The maximum absolute atomic E-state index is 12.5. The van der Waals surface area contributed by atoms with Crippen molar-refractivity contribution in [2.24, 2.45) is 28.3 Å². The van der Waals surface area contributed by atoms with Crippen molar-refractivity contribution in [3.63, 3.8) is 0 Å². The Bertz CT molecular complexity index is 784. The summed E-state index contributed by atoms with van der Waals surface area (Å²) in [5, 5.41) is 11.4. The van der Waals surface area contributed by atoms with Crippen LogP contribution in [0, 0.1) is 23.2 Å². The third-order valence-electron chi connectivity index (χ3n) is 6.79. The fraction of sp³-hybridized carbons (Fsp3) is 0.650. The topological polar surface area (TPSA) is 101 Å². The highest BCUT2D eigenvalue weighted by molar-refractivity contribution is 7.89. The highest BCUT2D eigenvalue weighted by Crippen LogP contribution is 2.59. The van der Waals surface area contributed by atoms with Gasteiger partial charge in [-0.1, -0.05) is 0 Å². The minimum Gasteiger partial charge on any atom is -0.325 e. The SMILES string of the molecule is C[C@@H](NCC12CC3CC(CC(C3)C1)C2)C(=O)Nc1ccc(S(N)(=O)=O)cc1. The van der Waals surface area contributed by atoms with Crippen molar-refractivity contribution in [2.45, 2.75) is 56.4 Å². The summed E-state index contributed by atoms with van der Waals surface area (Å²) in [6.45, 7) is 2.80. The molecule has 0 heterocycles. The van der Waals surface area contributed by atoms with E-state index in [1.165, 1.54) is 50.7 Å². The summed E-state index contributed by atoms with van der Waals surface area (Å²) in [5.74, 6) is 2.60. The van der Waals surface area contributed by atoms with E-state index in [2.05, 4.69) is 10.6 Å². The lowest BCUT2D eigenvalue weighted by atomic mass is 9.49. The van der Waals surface area contributed by atoms with E-state index in [9.17, 15) is 13.2 Å². The molecular formula is C20H29N3O3S. The van der Waals surface area contributed by atoms with Gasteiger partial charge in [0.2, 0.25) is 15.9 Å². The summed E-state index contributed by atoms with van der Waals surface area (Å²) in [7, 11) is -3.72. The third kappa shape index (κ3) is 4.05. The molecule has 4 fully saturated rings. The number of hydrogen-bond donors (Lipinski definition) is 3. The van der Waals surface area contributed by atoms with Crippen molar-refractivity contribution < 1.29 is 13.2 Å². The molecule has 4 bridgehead atoms. The number of carbonyl (C=O) groups excluding carboxylic acids is 1. The molecule has 148 valence electrons. The second-order valence-corrected chi connectivity index (χ2v) is 10.6. The zero-order valence-corrected chi connectivity index (χ0v) is 16.6. The summed E-state index contributed by atoms with van der Waals surface area (Å²) >= 11 is 0. The Morgan fingerprint density at radius 3 is 2.11 bits per heavy atom. The molecule has 4 saturated carbocycles. The summed E-state index contributed by atoms with van der Waals surface area (Å²) in [6, 6.07) is 5.63. The van der Waals surface area contributed by atoms with Gasteiger partial charge < -0.3 is 10.6 Å². The van der Waals surface area contributed by atoms with Crippen molar-refractivity contribution in [2.75, 3.05) is 11.9 Å². The molecule has 27 heavy (non-hydrogen) atoms. The van der Waals surface area contributed by atoms with E-state index in [1.54, 1.807) is 12.1 Å². The molecule has 1 aromatic rings. The fourth-order valence-corrected chi connectivity index (χ4v) is 6.46. The van der Waals surface area contributed by atoms with Crippen molar-refractivity contribution in [1.29, 1.82) is 0 Å². The van der Waals surface area contributed by atoms with Gasteiger partial charge in [-0.2, -0.15) is 0 Å². The Labute approximate surface area is 161 Å². The lowest BCUT2D eigenvalue weighted by molar-refractivity contribution is -0.118. The van der Waals surface area contributed by atoms with Crippen LogP contribution in [0.3, 0.4) is 0 Å². The van der Waals surface area contributed by atoms with Crippen LogP contribution in [0.15, 0.2) is 29.2 Å². The Balaban J connectivity index is 1.32. The molecule has 0 aliphatic heterocycles. The lowest BCUT2D eigenvalue weighted by Crippen LogP contribution is -2.52. The van der Waals surface area contributed by atoms with Crippen molar-refractivity contribution >= 4 is 21.6 Å². The molecule has 0 unspecified atom stereocenters. The molecule has 4 aliphatic carbocycles. The van der Waals surface area contributed by atoms with Gasteiger partial charge in [0.05, 0.1) is 10.9 Å². The molecule has 1 aromatic carbocycles. The molecule has 0 aromatic heterocycles. The number of carbonyl (C=O) groups is 1. The number of nitrogens with two attached hydrogens (primary N) is 1. The van der Waals surface area contributed by atoms with Crippen LogP contribution in [-0.2, 0) is 14.8 Å². The molecule has 5 rings (SSSR count). The first-order valence-electron chi connectivity index (χ1n) is 9.90. The van der Waals surface area contributed by atoms with Gasteiger partial charge in [0.1, 0.15) is 0 Å². The number of hydrogen-bond acceptors (Lipinski definition) is 4. The van der Waals surface area contributed by atoms with Gasteiger partial charge >= 0.3 is 0 Å². The van der Waals surface area contributed by atoms with Gasteiger partial charge in [0.15, 0.2) is 0 Å². The molecule has 6 nitrogen and oxygen atoms in total. The van der Waals surface area contributed by atoms with Crippen LogP contribution in [-0.4, -0.2) is 26.9 Å². The lowest BCUT2D eigenvalue weighted by Gasteiger charge is -2.57. The fourth-order valence-electron chi connectivity index (χ4n) is 5.95. The van der Waals surface area contributed by atoms with Crippen LogP contribution in [0.5, 0.6) is 0 Å². The Hall–Kier alpha value is -1.44. The first-order chi connectivity index (χ1) is 12.7. The quantitative estimate of drug-likeness (QED) is 0.693. The zero-order valence-electron chi connectivity index (χ0n) is 15.8. The van der Waals surface area contributed by atoms with Crippen LogP contribution in [0.4, 0.5) is 5.69 Å². The van der Waals surface area contributed by atoms with Crippen LogP contribution in [0.2, 0.25) is 0 Å². The van der Waals surface area contributed by atoms with Crippen LogP contribution < -0.4 is 15.8 Å². The second kappa shape index (κ2) is 6.87. The second-order valence-electron chi connectivity index (χ2n) is 9.08. The van der Waals surface area contributed by atoms with Crippen molar-refractivity contribution in [3.8, 4) is 0 Å². The van der Waals surface area contributed by atoms with Gasteiger partial charge in [-0.3, -0.25) is 4.79 Å². The predicted molar refractivity (Wildman–Crippen MR) is 105 cm³/mol. The Kier molecular flexibility index (Phi) is 4.81. The summed E-state index contributed by atoms with van der Waals surface area (Å²) in [6.07, 6.45) is 8.21. The Morgan fingerprint density at radius 2 is 1.63 bits per heavy atom. The molecule has 1 atom stereocenters. The largest absolute Gasteiger partial charge is 0.325 e. The zero-order chi connectivity index (χ0) is 19.2. The number of sulfonamides is 1. The number of amides is 1. The van der Waals surface area contributed by atoms with Gasteiger partial charge in [-0.25, -0.2) is 13.6 Å². The summed E-state index contributed by atoms with van der Waals surface area (Å²) in [4.78, 5) is 12.5. The highest BCUT2D eigenvalue weighted by Gasteiger charge is 2.50. The number of rotatable bonds is 6. The maximum atomic E-state index is 12.5. The smallest absolute Gasteiger partial charge is 0.241 e. The number of primary sulfonamides is 1. The van der Waals surface area contributed by atoms with E-state index in [4.69, 9.17) is 5.14 Å². The molecule has 0 spiro atoms. The third-order valence-corrected chi connectivity index (χ3v) is 7.72. The average molecular weight is 392 g/mol. The van der Waals surface area contributed by atoms with E-state index in [0.717, 1.165) is 24.3 Å². The van der Waals surface area contributed by atoms with Gasteiger partial charge in [0.25, 0.3) is 0 Å². The van der Waals surface area contributed by atoms with Crippen molar-refractivity contribution in [1.82, 2.24) is 5.32 Å². The maximum Gasteiger partial charge on any atom is 0.241 e. The molecular weight excluding hydrogens is 362 g/mol. The number of anilines is 1. The van der Waals surface area contributed by atoms with Gasteiger partial charge in [0, 0.05) is 12.2 Å². The first-order valence-corrected chi connectivity index (χ1v) is 11.4. The molecule has 4 N–H and O–H groups in total. The summed E-state index contributed by atoms with van der Waals surface area (Å²) in [5.41, 5.74) is 0.955. The molecule has 7 heteroatoms. The first kappa shape index (κ1) is 18.9. The standard InChI is InChI=1S/C20H29N3O3S/c1-13(19(24)23-17-2-4-18(5-3-17)27(21,25)26)22-12-20-9-14-6-15(10-20)8-16(7-14)11-20/h2-5,13-16,22H,6-12H2,1H3,(H,23,24)(H2,21,25,26)/t13-,14?,15?,16?,20?/m1/s1. The van der Waals surface area contributed by atoms with E-state index >= 15 is 0 Å². The van der Waals surface area contributed by atoms with Crippen LogP contribution in [0.25, 0.3) is 0 Å². The monoisotopic (exact) mass is 391 g/mol. The van der Waals surface area contributed by atoms with E-state index in [0.29, 0.717) is 11.1 Å². The minimum atomic E-state index is -3.72. The molecule has 0 radical (unpaired) electrons. The van der Waals surface area contributed by atoms with Gasteiger partial charge in [-0.05, 0) is 92.9 Å².